The normalized spacial score (nSPS) is 11.6. The number of methoxy groups -OCH3 is 1. The Labute approximate surface area is 166 Å². The molecule has 2 aromatic carbocycles. The molecule has 0 saturated heterocycles. The molecule has 0 aliphatic rings. The van der Waals surface area contributed by atoms with E-state index < -0.39 is 6.10 Å². The number of aliphatic hydroxyl groups is 1. The van der Waals surface area contributed by atoms with Gasteiger partial charge in [-0.05, 0) is 52.4 Å². The molecule has 0 radical (unpaired) electrons. The number of hydrogen-bond acceptors (Lipinski definition) is 8. The van der Waals surface area contributed by atoms with Crippen LogP contribution in [0.1, 0.15) is 5.56 Å². The highest BCUT2D eigenvalue weighted by Crippen LogP contribution is 2.21. The number of tetrazole rings is 1. The second-order valence-corrected chi connectivity index (χ2v) is 6.81. The summed E-state index contributed by atoms with van der Waals surface area (Å²) in [6, 6.07) is 16.7. The Balaban J connectivity index is 1.51. The van der Waals surface area contributed by atoms with E-state index in [0.29, 0.717) is 23.1 Å². The summed E-state index contributed by atoms with van der Waals surface area (Å²) >= 11 is 1.34. The lowest BCUT2D eigenvalue weighted by molar-refractivity contribution is 0.126. The lowest BCUT2D eigenvalue weighted by Crippen LogP contribution is -2.20. The maximum absolute atomic E-state index is 10.2. The number of nitriles is 1. The quantitative estimate of drug-likeness (QED) is 0.548. The van der Waals surface area contributed by atoms with Gasteiger partial charge in [-0.25, -0.2) is 0 Å². The van der Waals surface area contributed by atoms with Crippen LogP contribution in [0.25, 0.3) is 5.69 Å². The number of aromatic nitrogens is 4. The first-order valence-electron chi connectivity index (χ1n) is 8.52. The summed E-state index contributed by atoms with van der Waals surface area (Å²) in [6.07, 6.45) is -0.326. The van der Waals surface area contributed by atoms with Crippen LogP contribution < -0.4 is 9.47 Å². The summed E-state index contributed by atoms with van der Waals surface area (Å²) in [5.74, 6) is 1.77. The standard InChI is InChI=1S/C19H19N5O3S/c1-26-17-8-4-15(5-9-17)24-19(21-22-23-24)28-13-16(25)12-27-18-6-2-14(3-7-18)10-11-20/h2-9,16,25H,10,12-13H2,1H3/t16-/m0/s1. The summed E-state index contributed by atoms with van der Waals surface area (Å²) in [7, 11) is 1.61. The van der Waals surface area contributed by atoms with Gasteiger partial charge in [0, 0.05) is 5.75 Å². The average molecular weight is 397 g/mol. The van der Waals surface area contributed by atoms with Crippen LogP contribution in [0.4, 0.5) is 0 Å². The molecule has 144 valence electrons. The molecular weight excluding hydrogens is 378 g/mol. The Morgan fingerprint density at radius 1 is 1.14 bits per heavy atom. The van der Waals surface area contributed by atoms with Crippen molar-refractivity contribution < 1.29 is 14.6 Å². The molecule has 0 amide bonds. The number of thioether (sulfide) groups is 1. The lowest BCUT2D eigenvalue weighted by atomic mass is 10.2. The number of ether oxygens (including phenoxy) is 2. The number of rotatable bonds is 9. The van der Waals surface area contributed by atoms with Gasteiger partial charge < -0.3 is 14.6 Å². The Kier molecular flexibility index (Phi) is 6.84. The third-order valence-electron chi connectivity index (χ3n) is 3.81. The fraction of sp³-hybridized carbons (Fsp3) is 0.263. The van der Waals surface area contributed by atoms with Crippen LogP contribution in [-0.4, -0.2) is 50.9 Å². The van der Waals surface area contributed by atoms with Gasteiger partial charge in [0.05, 0.1) is 31.4 Å². The predicted molar refractivity (Wildman–Crippen MR) is 104 cm³/mol. The van der Waals surface area contributed by atoms with Crippen molar-refractivity contribution in [3.63, 3.8) is 0 Å². The summed E-state index contributed by atoms with van der Waals surface area (Å²) in [4.78, 5) is 0. The molecule has 8 nitrogen and oxygen atoms in total. The van der Waals surface area contributed by atoms with Crippen LogP contribution in [0, 0.1) is 11.3 Å². The molecule has 0 unspecified atom stereocenters. The van der Waals surface area contributed by atoms with Crippen LogP contribution in [0.15, 0.2) is 53.7 Å². The summed E-state index contributed by atoms with van der Waals surface area (Å²) in [5.41, 5.74) is 1.73. The van der Waals surface area contributed by atoms with E-state index in [-0.39, 0.29) is 6.61 Å². The van der Waals surface area contributed by atoms with E-state index >= 15 is 0 Å². The minimum Gasteiger partial charge on any atom is -0.497 e. The zero-order valence-electron chi connectivity index (χ0n) is 15.2. The van der Waals surface area contributed by atoms with Crippen molar-refractivity contribution in [3.05, 3.63) is 54.1 Å². The van der Waals surface area contributed by atoms with E-state index in [1.165, 1.54) is 11.8 Å². The van der Waals surface area contributed by atoms with Crippen molar-refractivity contribution in [2.75, 3.05) is 19.5 Å². The van der Waals surface area contributed by atoms with Gasteiger partial charge in [0.1, 0.15) is 18.1 Å². The number of nitrogens with zero attached hydrogens (tertiary/aromatic N) is 5. The number of aliphatic hydroxyl groups excluding tert-OH is 1. The largest absolute Gasteiger partial charge is 0.497 e. The van der Waals surface area contributed by atoms with Crippen LogP contribution >= 0.6 is 11.8 Å². The minimum atomic E-state index is -0.690. The molecule has 1 heterocycles. The minimum absolute atomic E-state index is 0.148. The van der Waals surface area contributed by atoms with Gasteiger partial charge in [0.15, 0.2) is 0 Å². The van der Waals surface area contributed by atoms with Gasteiger partial charge in [-0.3, -0.25) is 0 Å². The van der Waals surface area contributed by atoms with Crippen molar-refractivity contribution in [2.45, 2.75) is 17.7 Å². The van der Waals surface area contributed by atoms with Gasteiger partial charge in [-0.1, -0.05) is 23.9 Å². The highest BCUT2D eigenvalue weighted by Gasteiger charge is 2.13. The molecule has 1 N–H and O–H groups in total. The predicted octanol–water partition coefficient (Wildman–Crippen LogP) is 2.27. The van der Waals surface area contributed by atoms with Gasteiger partial charge in [-0.2, -0.15) is 9.94 Å². The Hall–Kier alpha value is -3.09. The van der Waals surface area contributed by atoms with Crippen LogP contribution in [0.5, 0.6) is 11.5 Å². The second kappa shape index (κ2) is 9.73. The molecule has 3 aromatic rings. The molecular formula is C19H19N5O3S. The van der Waals surface area contributed by atoms with E-state index in [0.717, 1.165) is 17.0 Å². The molecule has 3 rings (SSSR count). The summed E-state index contributed by atoms with van der Waals surface area (Å²) in [5, 5.41) is 31.2. The monoisotopic (exact) mass is 397 g/mol. The SMILES string of the molecule is COc1ccc(-n2nnnc2SC[C@@H](O)COc2ccc(CC#N)cc2)cc1. The van der Waals surface area contributed by atoms with Crippen molar-refractivity contribution in [2.24, 2.45) is 0 Å². The first-order valence-corrected chi connectivity index (χ1v) is 9.50. The number of benzene rings is 2. The molecule has 0 aliphatic carbocycles. The van der Waals surface area contributed by atoms with Crippen LogP contribution in [0.3, 0.4) is 0 Å². The third-order valence-corrected chi connectivity index (χ3v) is 4.88. The smallest absolute Gasteiger partial charge is 0.214 e. The van der Waals surface area contributed by atoms with Crippen LogP contribution in [0.2, 0.25) is 0 Å². The highest BCUT2D eigenvalue weighted by atomic mass is 32.2. The fourth-order valence-corrected chi connectivity index (χ4v) is 3.16. The van der Waals surface area contributed by atoms with Gasteiger partial charge in [-0.15, -0.1) is 5.10 Å². The van der Waals surface area contributed by atoms with E-state index in [1.807, 2.05) is 36.4 Å². The molecule has 0 saturated carbocycles. The Morgan fingerprint density at radius 3 is 2.54 bits per heavy atom. The van der Waals surface area contributed by atoms with Gasteiger partial charge in [0.2, 0.25) is 5.16 Å². The van der Waals surface area contributed by atoms with Crippen molar-refractivity contribution in [1.82, 2.24) is 20.2 Å². The van der Waals surface area contributed by atoms with Gasteiger partial charge in [0.25, 0.3) is 0 Å². The first kappa shape index (κ1) is 19.7. The molecule has 28 heavy (non-hydrogen) atoms. The Morgan fingerprint density at radius 2 is 1.86 bits per heavy atom. The van der Waals surface area contributed by atoms with Gasteiger partial charge >= 0.3 is 0 Å². The summed E-state index contributed by atoms with van der Waals surface area (Å²) in [6.45, 7) is 0.148. The molecule has 0 bridgehead atoms. The molecule has 1 atom stereocenters. The maximum atomic E-state index is 10.2. The fourth-order valence-electron chi connectivity index (χ4n) is 2.36. The number of hydrogen-bond donors (Lipinski definition) is 1. The van der Waals surface area contributed by atoms with Crippen molar-refractivity contribution in [1.29, 1.82) is 5.26 Å². The lowest BCUT2D eigenvalue weighted by Gasteiger charge is -2.12. The van der Waals surface area contributed by atoms with Crippen molar-refractivity contribution in [3.8, 4) is 23.3 Å². The van der Waals surface area contributed by atoms with E-state index in [2.05, 4.69) is 21.6 Å². The van der Waals surface area contributed by atoms with Crippen molar-refractivity contribution >= 4 is 11.8 Å². The molecule has 0 fully saturated rings. The zero-order chi connectivity index (χ0) is 19.8. The van der Waals surface area contributed by atoms with E-state index in [1.54, 1.807) is 23.9 Å². The molecule has 1 aromatic heterocycles. The average Bonchev–Trinajstić information content (AvgIpc) is 3.20. The van der Waals surface area contributed by atoms with E-state index in [9.17, 15) is 5.11 Å². The second-order valence-electron chi connectivity index (χ2n) is 5.83. The molecule has 0 spiro atoms. The topological polar surface area (TPSA) is 106 Å². The third kappa shape index (κ3) is 5.22. The summed E-state index contributed by atoms with van der Waals surface area (Å²) < 4.78 is 12.3. The molecule has 0 aliphatic heterocycles. The molecule has 9 heteroatoms. The first-order chi connectivity index (χ1) is 13.7. The van der Waals surface area contributed by atoms with Crippen LogP contribution in [-0.2, 0) is 6.42 Å². The highest BCUT2D eigenvalue weighted by molar-refractivity contribution is 7.99. The zero-order valence-corrected chi connectivity index (χ0v) is 16.0. The van der Waals surface area contributed by atoms with E-state index in [4.69, 9.17) is 14.7 Å². The maximum Gasteiger partial charge on any atom is 0.214 e. The Bertz CT molecular complexity index is 922.